The van der Waals surface area contributed by atoms with Gasteiger partial charge in [0.05, 0.1) is 0 Å². The van der Waals surface area contributed by atoms with Gasteiger partial charge in [0.1, 0.15) is 0 Å². The van der Waals surface area contributed by atoms with E-state index in [0.29, 0.717) is 12.3 Å². The lowest BCUT2D eigenvalue weighted by Crippen LogP contribution is -1.99. The van der Waals surface area contributed by atoms with Crippen molar-refractivity contribution in [3.05, 3.63) is 0 Å². The van der Waals surface area contributed by atoms with Crippen molar-refractivity contribution in [1.82, 2.24) is 0 Å². The van der Waals surface area contributed by atoms with E-state index in [-0.39, 0.29) is 5.91 Å². The number of hydrogen-bond donors (Lipinski definition) is 0. The number of isocyanates is 1. The average molecular weight is 167 g/mol. The molecule has 1 saturated carbocycles. The minimum atomic E-state index is -0.322. The molecule has 1 fully saturated rings. The molecule has 0 radical (unpaired) electrons. The van der Waals surface area contributed by atoms with Gasteiger partial charge in [-0.25, -0.2) is 4.79 Å². The molecule has 0 aromatic heterocycles. The molecule has 0 aromatic carbocycles. The Morgan fingerprint density at radius 3 is 2.67 bits per heavy atom. The number of nitrogens with zero attached hydrogens (tertiary/aromatic N) is 1. The molecule has 0 N–H and O–H groups in total. The first kappa shape index (κ1) is 9.14. The molecule has 0 unspecified atom stereocenters. The molecule has 0 spiro atoms. The van der Waals surface area contributed by atoms with Gasteiger partial charge in [0.25, 0.3) is 5.91 Å². The van der Waals surface area contributed by atoms with Crippen LogP contribution in [0.2, 0.25) is 0 Å². The predicted molar refractivity (Wildman–Crippen MR) is 44.3 cm³/mol. The Labute approximate surface area is 71.9 Å². The molecule has 66 valence electrons. The van der Waals surface area contributed by atoms with Crippen LogP contribution in [0.5, 0.6) is 0 Å². The number of hydrogen-bond acceptors (Lipinski definition) is 2. The largest absolute Gasteiger partial charge is 0.272 e. The van der Waals surface area contributed by atoms with E-state index in [1.165, 1.54) is 31.8 Å². The van der Waals surface area contributed by atoms with E-state index in [2.05, 4.69) is 4.99 Å². The minimum Gasteiger partial charge on any atom is -0.272 e. The van der Waals surface area contributed by atoms with Crippen LogP contribution in [0.3, 0.4) is 0 Å². The normalized spacial score (nSPS) is 17.3. The predicted octanol–water partition coefficient (Wildman–Crippen LogP) is 1.82. The molecular formula is C9H13NO2. The van der Waals surface area contributed by atoms with Crippen molar-refractivity contribution in [3.8, 4) is 0 Å². The lowest BCUT2D eigenvalue weighted by molar-refractivity contribution is -0.118. The quantitative estimate of drug-likeness (QED) is 0.475. The van der Waals surface area contributed by atoms with Crippen LogP contribution in [0.15, 0.2) is 4.99 Å². The molecule has 1 aliphatic rings. The number of carbonyl (C=O) groups is 1. The molecule has 0 atom stereocenters. The van der Waals surface area contributed by atoms with Gasteiger partial charge in [-0.2, -0.15) is 0 Å². The van der Waals surface area contributed by atoms with Crippen LogP contribution in [-0.4, -0.2) is 12.0 Å². The van der Waals surface area contributed by atoms with E-state index in [1.807, 2.05) is 0 Å². The summed E-state index contributed by atoms with van der Waals surface area (Å²) in [7, 11) is 0. The molecule has 12 heavy (non-hydrogen) atoms. The van der Waals surface area contributed by atoms with E-state index >= 15 is 0 Å². The molecule has 3 heteroatoms. The van der Waals surface area contributed by atoms with Gasteiger partial charge in [0, 0.05) is 6.42 Å². The van der Waals surface area contributed by atoms with Crippen molar-refractivity contribution in [3.63, 3.8) is 0 Å². The van der Waals surface area contributed by atoms with Crippen LogP contribution in [0.1, 0.15) is 38.5 Å². The Morgan fingerprint density at radius 2 is 2.08 bits per heavy atom. The molecule has 0 saturated heterocycles. The molecule has 0 heterocycles. The third-order valence-corrected chi connectivity index (χ3v) is 2.41. The number of carbonyl (C=O) groups excluding carboxylic acids is 2. The molecule has 0 aromatic rings. The summed E-state index contributed by atoms with van der Waals surface area (Å²) < 4.78 is 0. The summed E-state index contributed by atoms with van der Waals surface area (Å²) >= 11 is 0. The zero-order valence-corrected chi connectivity index (χ0v) is 7.08. The van der Waals surface area contributed by atoms with Crippen LogP contribution >= 0.6 is 0 Å². The maximum Gasteiger partial charge on any atom is 0.256 e. The maximum atomic E-state index is 10.8. The molecule has 0 bridgehead atoms. The zero-order valence-electron chi connectivity index (χ0n) is 7.08. The van der Waals surface area contributed by atoms with Gasteiger partial charge in [-0.05, 0) is 12.3 Å². The van der Waals surface area contributed by atoms with Gasteiger partial charge < -0.3 is 0 Å². The van der Waals surface area contributed by atoms with Gasteiger partial charge in [-0.3, -0.25) is 4.79 Å². The second kappa shape index (κ2) is 4.83. The lowest BCUT2D eigenvalue weighted by Gasteiger charge is -2.04. The average Bonchev–Trinajstić information content (AvgIpc) is 2.53. The number of amides is 1. The molecule has 0 aliphatic heterocycles. The fourth-order valence-corrected chi connectivity index (χ4v) is 1.73. The summed E-state index contributed by atoms with van der Waals surface area (Å²) in [6, 6.07) is 0. The maximum absolute atomic E-state index is 10.8. The van der Waals surface area contributed by atoms with Crippen LogP contribution in [-0.2, 0) is 9.59 Å². The SMILES string of the molecule is O=C=NC(=O)CCC1CCCC1. The van der Waals surface area contributed by atoms with Crippen LogP contribution in [0.25, 0.3) is 0 Å². The molecule has 1 amide bonds. The summed E-state index contributed by atoms with van der Waals surface area (Å²) in [6.45, 7) is 0. The Hall–Kier alpha value is -0.950. The highest BCUT2D eigenvalue weighted by Gasteiger charge is 2.15. The summed E-state index contributed by atoms with van der Waals surface area (Å²) in [5.41, 5.74) is 0. The topological polar surface area (TPSA) is 46.5 Å². The van der Waals surface area contributed by atoms with Crippen LogP contribution < -0.4 is 0 Å². The van der Waals surface area contributed by atoms with Gasteiger partial charge in [0.15, 0.2) is 0 Å². The Bertz CT molecular complexity index is 201. The molecule has 3 nitrogen and oxygen atoms in total. The van der Waals surface area contributed by atoms with Crippen molar-refractivity contribution in [2.75, 3.05) is 0 Å². The first-order valence-corrected chi connectivity index (χ1v) is 4.43. The van der Waals surface area contributed by atoms with Gasteiger partial charge in [0.2, 0.25) is 6.08 Å². The van der Waals surface area contributed by atoms with Crippen molar-refractivity contribution >= 4 is 12.0 Å². The Balaban J connectivity index is 2.15. The molecule has 1 rings (SSSR count). The highest BCUT2D eigenvalue weighted by molar-refractivity contribution is 5.81. The fourth-order valence-electron chi connectivity index (χ4n) is 1.73. The molecule has 1 aliphatic carbocycles. The fraction of sp³-hybridized carbons (Fsp3) is 0.778. The van der Waals surface area contributed by atoms with E-state index in [9.17, 15) is 9.59 Å². The summed E-state index contributed by atoms with van der Waals surface area (Å²) in [6.07, 6.45) is 7.62. The lowest BCUT2D eigenvalue weighted by atomic mass is 10.0. The van der Waals surface area contributed by atoms with E-state index in [1.54, 1.807) is 0 Å². The first-order chi connectivity index (χ1) is 5.83. The van der Waals surface area contributed by atoms with E-state index in [0.717, 1.165) is 6.42 Å². The highest BCUT2D eigenvalue weighted by atomic mass is 16.2. The minimum absolute atomic E-state index is 0.322. The van der Waals surface area contributed by atoms with Crippen molar-refractivity contribution in [2.45, 2.75) is 38.5 Å². The van der Waals surface area contributed by atoms with Crippen LogP contribution in [0.4, 0.5) is 0 Å². The zero-order chi connectivity index (χ0) is 8.81. The molecular weight excluding hydrogens is 154 g/mol. The summed E-state index contributed by atoms with van der Waals surface area (Å²) in [4.78, 5) is 23.5. The Kier molecular flexibility index (Phi) is 3.68. The second-order valence-electron chi connectivity index (χ2n) is 3.29. The second-order valence-corrected chi connectivity index (χ2v) is 3.29. The van der Waals surface area contributed by atoms with Crippen molar-refractivity contribution in [1.29, 1.82) is 0 Å². The summed E-state index contributed by atoms with van der Waals surface area (Å²) in [5, 5.41) is 0. The van der Waals surface area contributed by atoms with Gasteiger partial charge in [-0.1, -0.05) is 25.7 Å². The van der Waals surface area contributed by atoms with Gasteiger partial charge >= 0.3 is 0 Å². The number of aliphatic imine (C=N–C) groups is 1. The van der Waals surface area contributed by atoms with Gasteiger partial charge in [-0.15, -0.1) is 4.99 Å². The number of rotatable bonds is 3. The monoisotopic (exact) mass is 167 g/mol. The summed E-state index contributed by atoms with van der Waals surface area (Å²) in [5.74, 6) is 0.368. The van der Waals surface area contributed by atoms with Crippen molar-refractivity contribution < 1.29 is 9.59 Å². The standard InChI is InChI=1S/C9H13NO2/c11-7-10-9(12)6-5-8-3-1-2-4-8/h8H,1-6H2. The first-order valence-electron chi connectivity index (χ1n) is 4.43. The Morgan fingerprint density at radius 1 is 1.42 bits per heavy atom. The highest BCUT2D eigenvalue weighted by Crippen LogP contribution is 2.28. The smallest absolute Gasteiger partial charge is 0.256 e. The third-order valence-electron chi connectivity index (χ3n) is 2.41. The third kappa shape index (κ3) is 2.97. The van der Waals surface area contributed by atoms with Crippen molar-refractivity contribution in [2.24, 2.45) is 10.9 Å². The van der Waals surface area contributed by atoms with E-state index < -0.39 is 0 Å². The van der Waals surface area contributed by atoms with E-state index in [4.69, 9.17) is 0 Å². The van der Waals surface area contributed by atoms with Crippen LogP contribution in [0, 0.1) is 5.92 Å².